The van der Waals surface area contributed by atoms with E-state index >= 15 is 0 Å². The first kappa shape index (κ1) is 30.1. The molecule has 2 aromatic rings. The fourth-order valence-corrected chi connectivity index (χ4v) is 3.43. The van der Waals surface area contributed by atoms with Crippen LogP contribution in [0, 0.1) is 3.57 Å². The molecule has 153 valence electrons. The van der Waals surface area contributed by atoms with Crippen molar-refractivity contribution in [3.8, 4) is 28.7 Å². The average Bonchev–Trinajstić information content (AvgIpc) is 2.65. The third-order valence-corrected chi connectivity index (χ3v) is 5.00. The van der Waals surface area contributed by atoms with Crippen molar-refractivity contribution >= 4 is 72.1 Å². The first-order chi connectivity index (χ1) is 13.2. The minimum atomic E-state index is -4.94. The number of hydrogen-bond acceptors (Lipinski definition) is 7. The van der Waals surface area contributed by atoms with Gasteiger partial charge in [-0.2, -0.15) is 0 Å². The van der Waals surface area contributed by atoms with Gasteiger partial charge in [-0.1, -0.05) is 12.2 Å². The second-order valence-electron chi connectivity index (χ2n) is 5.38. The molecule has 1 unspecified atom stereocenters. The predicted octanol–water partition coefficient (Wildman–Crippen LogP) is -0.0413. The molecule has 0 bridgehead atoms. The Labute approximate surface area is 233 Å². The van der Waals surface area contributed by atoms with E-state index in [2.05, 4.69) is 4.52 Å². The zero-order chi connectivity index (χ0) is 20.9. The van der Waals surface area contributed by atoms with E-state index in [0.29, 0.717) is 20.8 Å². The summed E-state index contributed by atoms with van der Waals surface area (Å²) in [5, 5.41) is 0. The van der Waals surface area contributed by atoms with Gasteiger partial charge in [-0.05, 0) is 58.0 Å². The molecule has 0 amide bonds. The van der Waals surface area contributed by atoms with Crippen LogP contribution in [0.3, 0.4) is 0 Å². The Morgan fingerprint density at radius 1 is 0.900 bits per heavy atom. The molecule has 0 saturated carbocycles. The Hall–Kier alpha value is 0.0600. The number of halogens is 1. The summed E-state index contributed by atoms with van der Waals surface area (Å²) in [6.07, 6.45) is 3.64. The first-order valence-corrected chi connectivity index (χ1v) is 10.4. The van der Waals surface area contributed by atoms with Crippen molar-refractivity contribution < 1.29 is 67.4 Å². The Morgan fingerprint density at radius 3 is 1.87 bits per heavy atom. The van der Waals surface area contributed by atoms with E-state index in [0.717, 1.165) is 11.1 Å². The van der Waals surface area contributed by atoms with Crippen molar-refractivity contribution in [2.75, 3.05) is 28.4 Å². The van der Waals surface area contributed by atoms with E-state index in [9.17, 15) is 9.46 Å². The van der Waals surface area contributed by atoms with Crippen LogP contribution in [0.5, 0.6) is 28.7 Å². The first-order valence-electron chi connectivity index (χ1n) is 7.81. The van der Waals surface area contributed by atoms with Gasteiger partial charge in [0, 0.05) is 33.1 Å². The van der Waals surface area contributed by atoms with E-state index in [1.54, 1.807) is 18.2 Å². The maximum Gasteiger partial charge on any atom is 1.00 e. The van der Waals surface area contributed by atoms with Crippen LogP contribution in [-0.4, -0.2) is 62.9 Å². The monoisotopic (exact) mass is 567 g/mol. The summed E-state index contributed by atoms with van der Waals surface area (Å²) in [5.41, 5.74) is 1.54. The Kier molecular flexibility index (Phi) is 13.6. The van der Waals surface area contributed by atoms with Crippen LogP contribution in [0.25, 0.3) is 12.2 Å². The molecule has 30 heavy (non-hydrogen) atoms. The smallest absolute Gasteiger partial charge is 0.746 e. The van der Waals surface area contributed by atoms with E-state index < -0.39 is 7.82 Å². The fourth-order valence-electron chi connectivity index (χ4n) is 2.42. The molecule has 1 atom stereocenters. The number of rotatable bonds is 8. The number of hydrogen-bond donors (Lipinski definition) is 1. The Balaban J connectivity index is 0.00000420. The van der Waals surface area contributed by atoms with Crippen LogP contribution < -0.4 is 57.9 Å². The SMILES string of the molecule is COc1cc(/C=C\c2cc(OC)c(OC)c(OC)c2)c(I)cc1OP(=O)([O-])O.[Na+].[Na]. The predicted molar refractivity (Wildman–Crippen MR) is 117 cm³/mol. The zero-order valence-electron chi connectivity index (χ0n) is 17.6. The molecule has 0 fully saturated rings. The molecule has 2 rings (SSSR count). The van der Waals surface area contributed by atoms with Gasteiger partial charge >= 0.3 is 37.4 Å². The van der Waals surface area contributed by atoms with Gasteiger partial charge in [0.15, 0.2) is 23.0 Å². The van der Waals surface area contributed by atoms with Crippen molar-refractivity contribution in [3.05, 3.63) is 39.0 Å². The van der Waals surface area contributed by atoms with Crippen LogP contribution in [0.15, 0.2) is 24.3 Å². The van der Waals surface area contributed by atoms with Crippen molar-refractivity contribution in [2.24, 2.45) is 0 Å². The standard InChI is InChI=1S/C18H20IO8P.2Na/c1-23-14-9-12(13(19)10-15(14)27-28(20,21)22)6-5-11-7-16(24-2)18(26-4)17(8-11)25-3;;/h5-10H,1-4H3,(H2,20,21,22);;/q;;+1/p-1/b6-5-;;. The number of phosphoric acid groups is 1. The Morgan fingerprint density at radius 2 is 1.43 bits per heavy atom. The Bertz CT molecular complexity index is 908. The summed E-state index contributed by atoms with van der Waals surface area (Å²) < 4.78 is 37.4. The molecule has 0 heterocycles. The van der Waals surface area contributed by atoms with Gasteiger partial charge < -0.3 is 33.3 Å². The molecule has 0 aliphatic heterocycles. The second kappa shape index (κ2) is 13.6. The van der Waals surface area contributed by atoms with Crippen LogP contribution in [0.1, 0.15) is 11.1 Å². The third-order valence-electron chi connectivity index (χ3n) is 3.64. The largest absolute Gasteiger partial charge is 1.00 e. The maximum atomic E-state index is 11.0. The van der Waals surface area contributed by atoms with E-state index in [-0.39, 0.29) is 70.6 Å². The molecule has 0 spiro atoms. The normalized spacial score (nSPS) is 12.2. The van der Waals surface area contributed by atoms with Gasteiger partial charge in [0.1, 0.15) is 0 Å². The van der Waals surface area contributed by atoms with Crippen molar-refractivity contribution in [1.29, 1.82) is 0 Å². The molecule has 0 saturated heterocycles. The van der Waals surface area contributed by atoms with Crippen molar-refractivity contribution in [3.63, 3.8) is 0 Å². The second-order valence-corrected chi connectivity index (χ2v) is 7.66. The molecule has 0 aliphatic rings. The number of benzene rings is 2. The summed E-state index contributed by atoms with van der Waals surface area (Å²) in [5.74, 6) is 1.59. The summed E-state index contributed by atoms with van der Waals surface area (Å²) in [6, 6.07) is 6.63. The zero-order valence-corrected chi connectivity index (χ0v) is 24.6. The summed E-state index contributed by atoms with van der Waals surface area (Å²) in [4.78, 5) is 19.9. The topological polar surface area (TPSA) is 107 Å². The molecule has 12 heteroatoms. The van der Waals surface area contributed by atoms with Gasteiger partial charge in [0.2, 0.25) is 5.75 Å². The van der Waals surface area contributed by atoms with Crippen molar-refractivity contribution in [1.82, 2.24) is 0 Å². The molecule has 1 N–H and O–H groups in total. The molecular formula is C18H19INa2O8P. The third kappa shape index (κ3) is 8.20. The maximum absolute atomic E-state index is 11.0. The number of methoxy groups -OCH3 is 4. The van der Waals surface area contributed by atoms with Crippen LogP contribution >= 0.6 is 30.4 Å². The summed E-state index contributed by atoms with van der Waals surface area (Å²) in [6.45, 7) is 0. The molecule has 0 aromatic heterocycles. The van der Waals surface area contributed by atoms with Gasteiger partial charge in [-0.15, -0.1) is 0 Å². The van der Waals surface area contributed by atoms with Crippen LogP contribution in [0.2, 0.25) is 0 Å². The molecule has 8 nitrogen and oxygen atoms in total. The fraction of sp³-hybridized carbons (Fsp3) is 0.222. The minimum Gasteiger partial charge on any atom is -0.746 e. The van der Waals surface area contributed by atoms with Crippen molar-refractivity contribution in [2.45, 2.75) is 0 Å². The molecular weight excluding hydrogens is 548 g/mol. The van der Waals surface area contributed by atoms with Gasteiger partial charge in [-0.3, -0.25) is 4.57 Å². The van der Waals surface area contributed by atoms with Crippen LogP contribution in [-0.2, 0) is 4.57 Å². The summed E-state index contributed by atoms with van der Waals surface area (Å²) >= 11 is 2.02. The van der Waals surface area contributed by atoms with E-state index in [4.69, 9.17) is 23.8 Å². The van der Waals surface area contributed by atoms with Gasteiger partial charge in [0.05, 0.1) is 28.4 Å². The van der Waals surface area contributed by atoms with E-state index in [1.165, 1.54) is 34.5 Å². The average molecular weight is 567 g/mol. The molecule has 1 radical (unpaired) electrons. The molecule has 2 aromatic carbocycles. The van der Waals surface area contributed by atoms with Crippen LogP contribution in [0.4, 0.5) is 0 Å². The minimum absolute atomic E-state index is 0. The summed E-state index contributed by atoms with van der Waals surface area (Å²) in [7, 11) is 1.03. The van der Waals surface area contributed by atoms with Gasteiger partial charge in [0.25, 0.3) is 0 Å². The number of ether oxygens (including phenoxy) is 4. The molecule has 0 aliphatic carbocycles. The van der Waals surface area contributed by atoms with Gasteiger partial charge in [-0.25, -0.2) is 0 Å². The quantitative estimate of drug-likeness (QED) is 0.205. The number of phosphoric ester groups is 1. The van der Waals surface area contributed by atoms with E-state index in [1.807, 2.05) is 34.7 Å².